The molecule has 1 fully saturated rings. The molecular weight excluding hydrogens is 512 g/mol. The number of rotatable bonds is 11. The standard InChI is InChI=1S/C31H42N2O7/c1-5-9-27(24-16-18-33(19-17-24)30(37)40-31(2,3)4)39-25-14-12-22(13-15-25)20-26(28(34)35)32-29(36)38-21-23-10-7-6-8-11-23/h6-8,10-15,24,26-27H,5,9,16-21H2,1-4H3,(H,32,36)(H,34,35). The molecule has 40 heavy (non-hydrogen) atoms. The van der Waals surface area contributed by atoms with Crippen molar-refractivity contribution in [2.75, 3.05) is 13.1 Å². The van der Waals surface area contributed by atoms with Gasteiger partial charge in [-0.1, -0.05) is 55.8 Å². The first-order valence-corrected chi connectivity index (χ1v) is 14.0. The summed E-state index contributed by atoms with van der Waals surface area (Å²) >= 11 is 0. The van der Waals surface area contributed by atoms with Crippen LogP contribution < -0.4 is 10.1 Å². The maximum atomic E-state index is 12.4. The minimum Gasteiger partial charge on any atom is -0.490 e. The normalized spacial score (nSPS) is 15.6. The number of benzene rings is 2. The molecule has 0 radical (unpaired) electrons. The highest BCUT2D eigenvalue weighted by Crippen LogP contribution is 2.28. The van der Waals surface area contributed by atoms with Gasteiger partial charge in [-0.15, -0.1) is 0 Å². The summed E-state index contributed by atoms with van der Waals surface area (Å²) in [6.07, 6.45) is 2.63. The molecule has 3 rings (SSSR count). The van der Waals surface area contributed by atoms with Crippen molar-refractivity contribution in [3.8, 4) is 5.75 Å². The number of nitrogens with zero attached hydrogens (tertiary/aromatic N) is 1. The van der Waals surface area contributed by atoms with E-state index in [9.17, 15) is 19.5 Å². The minimum atomic E-state index is -1.14. The van der Waals surface area contributed by atoms with Crippen molar-refractivity contribution >= 4 is 18.2 Å². The lowest BCUT2D eigenvalue weighted by atomic mass is 9.89. The van der Waals surface area contributed by atoms with Crippen LogP contribution in [0.2, 0.25) is 0 Å². The van der Waals surface area contributed by atoms with Crippen LogP contribution in [0.15, 0.2) is 54.6 Å². The monoisotopic (exact) mass is 554 g/mol. The number of alkyl carbamates (subject to hydrolysis) is 1. The highest BCUT2D eigenvalue weighted by molar-refractivity contribution is 5.80. The first-order chi connectivity index (χ1) is 19.0. The summed E-state index contributed by atoms with van der Waals surface area (Å²) in [7, 11) is 0. The molecule has 2 aromatic rings. The van der Waals surface area contributed by atoms with Gasteiger partial charge in [0, 0.05) is 19.5 Å². The molecule has 2 N–H and O–H groups in total. The molecule has 1 heterocycles. The lowest BCUT2D eigenvalue weighted by molar-refractivity contribution is -0.139. The fourth-order valence-electron chi connectivity index (χ4n) is 4.68. The van der Waals surface area contributed by atoms with Crippen LogP contribution in [0.1, 0.15) is 64.5 Å². The molecule has 2 aromatic carbocycles. The average molecular weight is 555 g/mol. The number of nitrogens with one attached hydrogen (secondary N) is 1. The number of hydrogen-bond donors (Lipinski definition) is 2. The van der Waals surface area contributed by atoms with Gasteiger partial charge in [-0.3, -0.25) is 0 Å². The predicted molar refractivity (Wildman–Crippen MR) is 151 cm³/mol. The van der Waals surface area contributed by atoms with E-state index >= 15 is 0 Å². The highest BCUT2D eigenvalue weighted by atomic mass is 16.6. The van der Waals surface area contributed by atoms with Crippen LogP contribution in [-0.2, 0) is 27.3 Å². The molecule has 1 saturated heterocycles. The van der Waals surface area contributed by atoms with E-state index in [0.29, 0.717) is 24.8 Å². The minimum absolute atomic E-state index is 0.0180. The second kappa shape index (κ2) is 14.6. The fourth-order valence-corrected chi connectivity index (χ4v) is 4.68. The van der Waals surface area contributed by atoms with Crippen molar-refractivity contribution in [1.29, 1.82) is 0 Å². The van der Waals surface area contributed by atoms with E-state index in [4.69, 9.17) is 14.2 Å². The van der Waals surface area contributed by atoms with E-state index in [1.54, 1.807) is 4.90 Å². The Morgan fingerprint density at radius 1 is 1.00 bits per heavy atom. The lowest BCUT2D eigenvalue weighted by Gasteiger charge is -2.36. The third-order valence-corrected chi connectivity index (χ3v) is 6.74. The van der Waals surface area contributed by atoms with E-state index in [2.05, 4.69) is 12.2 Å². The second-order valence-electron chi connectivity index (χ2n) is 11.2. The Hall–Kier alpha value is -3.75. The Balaban J connectivity index is 1.52. The number of amides is 2. The first kappa shape index (κ1) is 30.8. The number of piperidine rings is 1. The van der Waals surface area contributed by atoms with Crippen molar-refractivity contribution in [3.05, 3.63) is 65.7 Å². The summed E-state index contributed by atoms with van der Waals surface area (Å²) in [5.41, 5.74) is 1.05. The SMILES string of the molecule is CCCC(Oc1ccc(CC(NC(=O)OCc2ccccc2)C(=O)O)cc1)C1CCN(C(=O)OC(C)(C)C)CC1. The van der Waals surface area contributed by atoms with Crippen molar-refractivity contribution in [1.82, 2.24) is 10.2 Å². The Labute approximate surface area is 236 Å². The maximum Gasteiger partial charge on any atom is 0.410 e. The van der Waals surface area contributed by atoms with E-state index < -0.39 is 23.7 Å². The molecule has 218 valence electrons. The number of carbonyl (C=O) groups excluding carboxylic acids is 2. The van der Waals surface area contributed by atoms with Gasteiger partial charge in [0.05, 0.1) is 0 Å². The van der Waals surface area contributed by atoms with Gasteiger partial charge in [0.2, 0.25) is 0 Å². The fraction of sp³-hybridized carbons (Fsp3) is 0.516. The number of hydrogen-bond acceptors (Lipinski definition) is 6. The number of aliphatic carboxylic acids is 1. The molecule has 2 unspecified atom stereocenters. The Morgan fingerprint density at radius 2 is 1.65 bits per heavy atom. The topological polar surface area (TPSA) is 114 Å². The summed E-state index contributed by atoms with van der Waals surface area (Å²) in [5, 5.41) is 12.1. The van der Waals surface area contributed by atoms with Crippen molar-refractivity contribution in [3.63, 3.8) is 0 Å². The van der Waals surface area contributed by atoms with Gasteiger partial charge in [0.15, 0.2) is 0 Å². The van der Waals surface area contributed by atoms with E-state index in [1.807, 2.05) is 75.4 Å². The van der Waals surface area contributed by atoms with Crippen LogP contribution in [-0.4, -0.2) is 59.0 Å². The van der Waals surface area contributed by atoms with Gasteiger partial charge >= 0.3 is 18.2 Å². The molecule has 0 bridgehead atoms. The molecule has 1 aliphatic rings. The number of carboxylic acids is 1. The van der Waals surface area contributed by atoms with Crippen LogP contribution in [0.25, 0.3) is 0 Å². The van der Waals surface area contributed by atoms with Crippen molar-refractivity contribution < 1.29 is 33.7 Å². The summed E-state index contributed by atoms with van der Waals surface area (Å²) < 4.78 is 17.1. The summed E-state index contributed by atoms with van der Waals surface area (Å²) in [6.45, 7) is 9.07. The van der Waals surface area contributed by atoms with Crippen LogP contribution in [0.3, 0.4) is 0 Å². The zero-order valence-corrected chi connectivity index (χ0v) is 23.9. The maximum absolute atomic E-state index is 12.4. The molecule has 9 nitrogen and oxygen atoms in total. The van der Waals surface area contributed by atoms with E-state index in [0.717, 1.165) is 36.8 Å². The molecular formula is C31H42N2O7. The third-order valence-electron chi connectivity index (χ3n) is 6.74. The Morgan fingerprint density at radius 3 is 2.23 bits per heavy atom. The molecule has 2 atom stereocenters. The molecule has 0 aliphatic carbocycles. The van der Waals surface area contributed by atoms with Gasteiger partial charge in [-0.05, 0) is 69.2 Å². The Bertz CT molecular complexity index is 1090. The number of carboxylic acid groups (broad SMARTS) is 1. The lowest BCUT2D eigenvalue weighted by Crippen LogP contribution is -2.44. The quantitative estimate of drug-likeness (QED) is 0.361. The zero-order valence-electron chi connectivity index (χ0n) is 23.9. The molecule has 0 saturated carbocycles. The van der Waals surface area contributed by atoms with Crippen molar-refractivity contribution in [2.24, 2.45) is 5.92 Å². The van der Waals surface area contributed by atoms with Gasteiger partial charge in [0.25, 0.3) is 0 Å². The predicted octanol–water partition coefficient (Wildman–Crippen LogP) is 5.80. The zero-order chi connectivity index (χ0) is 29.1. The number of carbonyl (C=O) groups is 3. The third kappa shape index (κ3) is 10.1. The molecule has 0 aromatic heterocycles. The van der Waals surface area contributed by atoms with Gasteiger partial charge in [-0.2, -0.15) is 0 Å². The number of ether oxygens (including phenoxy) is 3. The van der Waals surface area contributed by atoms with Crippen LogP contribution >= 0.6 is 0 Å². The highest BCUT2D eigenvalue weighted by Gasteiger charge is 2.31. The van der Waals surface area contributed by atoms with Gasteiger partial charge < -0.3 is 29.5 Å². The second-order valence-corrected chi connectivity index (χ2v) is 11.2. The summed E-state index contributed by atoms with van der Waals surface area (Å²) in [4.78, 5) is 38.1. The Kier molecular flexibility index (Phi) is 11.2. The van der Waals surface area contributed by atoms with Crippen LogP contribution in [0.5, 0.6) is 5.75 Å². The molecule has 1 aliphatic heterocycles. The smallest absolute Gasteiger partial charge is 0.410 e. The first-order valence-electron chi connectivity index (χ1n) is 14.0. The van der Waals surface area contributed by atoms with Crippen molar-refractivity contribution in [2.45, 2.75) is 84.2 Å². The number of likely N-dealkylation sites (tertiary alicyclic amines) is 1. The van der Waals surface area contributed by atoms with E-state index in [-0.39, 0.29) is 25.2 Å². The summed E-state index contributed by atoms with van der Waals surface area (Å²) in [5.74, 6) is -0.114. The largest absolute Gasteiger partial charge is 0.490 e. The average Bonchev–Trinajstić information content (AvgIpc) is 2.92. The molecule has 2 amide bonds. The van der Waals surface area contributed by atoms with Gasteiger partial charge in [-0.25, -0.2) is 14.4 Å². The van der Waals surface area contributed by atoms with Crippen LogP contribution in [0.4, 0.5) is 9.59 Å². The molecule has 0 spiro atoms. The van der Waals surface area contributed by atoms with Gasteiger partial charge in [0.1, 0.15) is 30.1 Å². The van der Waals surface area contributed by atoms with Crippen LogP contribution in [0, 0.1) is 5.92 Å². The summed E-state index contributed by atoms with van der Waals surface area (Å²) in [6, 6.07) is 15.4. The molecule has 9 heteroatoms. The van der Waals surface area contributed by atoms with E-state index in [1.165, 1.54) is 0 Å².